The van der Waals surface area contributed by atoms with E-state index in [0.717, 1.165) is 45.4 Å². The maximum atomic E-state index is 11.6. The number of rotatable bonds is 5. The van der Waals surface area contributed by atoms with Crippen LogP contribution in [0.5, 0.6) is 0 Å². The van der Waals surface area contributed by atoms with Crippen molar-refractivity contribution in [3.8, 4) is 0 Å². The lowest BCUT2D eigenvalue weighted by molar-refractivity contribution is -0.135. The second kappa shape index (κ2) is 6.86. The maximum absolute atomic E-state index is 11.6. The van der Waals surface area contributed by atoms with E-state index in [1.165, 1.54) is 0 Å². The molecule has 1 aliphatic heterocycles. The van der Waals surface area contributed by atoms with Crippen LogP contribution in [0.25, 0.3) is 0 Å². The van der Waals surface area contributed by atoms with E-state index in [-0.39, 0.29) is 12.1 Å². The summed E-state index contributed by atoms with van der Waals surface area (Å²) in [6.07, 6.45) is 3.06. The number of nitrogens with zero attached hydrogens (tertiary/aromatic N) is 2. The number of carbonyl (C=O) groups is 1. The minimum atomic E-state index is -0.326. The standard InChI is InChI=1S/C12H24N2O2/c1-3-5-11(15)13-7-9-14(10-8-13)12(16)6-4-2/h11,15H,3-10H2,1-2H3. The Labute approximate surface area is 98.2 Å². The minimum Gasteiger partial charge on any atom is -0.378 e. The number of hydrogen-bond donors (Lipinski definition) is 1. The van der Waals surface area contributed by atoms with Crippen molar-refractivity contribution in [1.29, 1.82) is 0 Å². The lowest BCUT2D eigenvalue weighted by atomic mass is 10.2. The van der Waals surface area contributed by atoms with Crippen LogP contribution < -0.4 is 0 Å². The molecule has 0 bridgehead atoms. The van der Waals surface area contributed by atoms with Gasteiger partial charge >= 0.3 is 0 Å². The second-order valence-electron chi connectivity index (χ2n) is 4.44. The lowest BCUT2D eigenvalue weighted by Gasteiger charge is -2.37. The molecule has 0 aliphatic carbocycles. The van der Waals surface area contributed by atoms with Gasteiger partial charge in [-0.2, -0.15) is 0 Å². The molecule has 1 unspecified atom stereocenters. The molecule has 1 heterocycles. The third kappa shape index (κ3) is 3.76. The van der Waals surface area contributed by atoms with Gasteiger partial charge in [0.1, 0.15) is 6.23 Å². The van der Waals surface area contributed by atoms with Gasteiger partial charge in [-0.15, -0.1) is 0 Å². The highest BCUT2D eigenvalue weighted by molar-refractivity contribution is 5.76. The average molecular weight is 228 g/mol. The molecular weight excluding hydrogens is 204 g/mol. The Morgan fingerprint density at radius 1 is 1.19 bits per heavy atom. The molecule has 1 atom stereocenters. The molecule has 0 radical (unpaired) electrons. The van der Waals surface area contributed by atoms with Crippen LogP contribution in [0, 0.1) is 0 Å². The topological polar surface area (TPSA) is 43.8 Å². The fraction of sp³-hybridized carbons (Fsp3) is 0.917. The Bertz CT molecular complexity index is 213. The van der Waals surface area contributed by atoms with Crippen molar-refractivity contribution < 1.29 is 9.90 Å². The Kier molecular flexibility index (Phi) is 5.77. The van der Waals surface area contributed by atoms with Crippen LogP contribution in [-0.2, 0) is 4.79 Å². The second-order valence-corrected chi connectivity index (χ2v) is 4.44. The van der Waals surface area contributed by atoms with Crippen LogP contribution in [0.2, 0.25) is 0 Å². The van der Waals surface area contributed by atoms with Crippen LogP contribution >= 0.6 is 0 Å². The summed E-state index contributed by atoms with van der Waals surface area (Å²) >= 11 is 0. The molecule has 0 spiro atoms. The molecule has 1 fully saturated rings. The summed E-state index contributed by atoms with van der Waals surface area (Å²) in [7, 11) is 0. The van der Waals surface area contributed by atoms with Gasteiger partial charge < -0.3 is 10.0 Å². The van der Waals surface area contributed by atoms with Gasteiger partial charge in [0.25, 0.3) is 0 Å². The van der Waals surface area contributed by atoms with E-state index in [9.17, 15) is 9.90 Å². The van der Waals surface area contributed by atoms with Crippen molar-refractivity contribution in [1.82, 2.24) is 9.80 Å². The predicted octanol–water partition coefficient (Wildman–Crippen LogP) is 1.05. The van der Waals surface area contributed by atoms with Gasteiger partial charge in [0.2, 0.25) is 5.91 Å². The zero-order chi connectivity index (χ0) is 12.0. The van der Waals surface area contributed by atoms with E-state index in [1.54, 1.807) is 0 Å². The van der Waals surface area contributed by atoms with Crippen molar-refractivity contribution in [3.63, 3.8) is 0 Å². The summed E-state index contributed by atoms with van der Waals surface area (Å²) in [5, 5.41) is 9.82. The Balaban J connectivity index is 2.30. The number of aliphatic hydroxyl groups excluding tert-OH is 1. The zero-order valence-electron chi connectivity index (χ0n) is 10.5. The van der Waals surface area contributed by atoms with Crippen molar-refractivity contribution in [2.45, 2.75) is 45.8 Å². The first-order chi connectivity index (χ1) is 7.69. The third-order valence-electron chi connectivity index (χ3n) is 3.10. The summed E-state index contributed by atoms with van der Waals surface area (Å²) in [5.41, 5.74) is 0. The number of piperazine rings is 1. The number of hydrogen-bond acceptors (Lipinski definition) is 3. The molecule has 0 aromatic carbocycles. The SMILES string of the molecule is CCCC(=O)N1CCN(C(O)CCC)CC1. The third-order valence-corrected chi connectivity index (χ3v) is 3.10. The monoisotopic (exact) mass is 228 g/mol. The van der Waals surface area contributed by atoms with E-state index in [4.69, 9.17) is 0 Å². The first-order valence-electron chi connectivity index (χ1n) is 6.39. The molecule has 94 valence electrons. The van der Waals surface area contributed by atoms with Crippen molar-refractivity contribution in [2.75, 3.05) is 26.2 Å². The van der Waals surface area contributed by atoms with E-state index in [1.807, 2.05) is 11.8 Å². The average Bonchev–Trinajstić information content (AvgIpc) is 2.30. The van der Waals surface area contributed by atoms with Crippen LogP contribution in [0.3, 0.4) is 0 Å². The van der Waals surface area contributed by atoms with Crippen molar-refractivity contribution in [2.24, 2.45) is 0 Å². The van der Waals surface area contributed by atoms with Crippen LogP contribution in [0.4, 0.5) is 0 Å². The number of amides is 1. The highest BCUT2D eigenvalue weighted by Gasteiger charge is 2.23. The summed E-state index contributed by atoms with van der Waals surface area (Å²) in [6, 6.07) is 0. The molecule has 1 rings (SSSR count). The van der Waals surface area contributed by atoms with Gasteiger partial charge in [-0.05, 0) is 12.8 Å². The van der Waals surface area contributed by atoms with Crippen LogP contribution in [-0.4, -0.2) is 53.2 Å². The zero-order valence-corrected chi connectivity index (χ0v) is 10.5. The molecular formula is C12H24N2O2. The Morgan fingerprint density at radius 2 is 1.81 bits per heavy atom. The van der Waals surface area contributed by atoms with Crippen molar-refractivity contribution in [3.05, 3.63) is 0 Å². The molecule has 16 heavy (non-hydrogen) atoms. The van der Waals surface area contributed by atoms with Crippen molar-refractivity contribution >= 4 is 5.91 Å². The molecule has 0 aromatic heterocycles. The van der Waals surface area contributed by atoms with Gasteiger partial charge in [-0.3, -0.25) is 9.69 Å². The molecule has 1 amide bonds. The first-order valence-corrected chi connectivity index (χ1v) is 6.39. The summed E-state index contributed by atoms with van der Waals surface area (Å²) in [5.74, 6) is 0.257. The molecule has 1 aliphatic rings. The Morgan fingerprint density at radius 3 is 2.31 bits per heavy atom. The van der Waals surface area contributed by atoms with Gasteiger partial charge in [0, 0.05) is 32.6 Å². The predicted molar refractivity (Wildman–Crippen MR) is 64.0 cm³/mol. The fourth-order valence-electron chi connectivity index (χ4n) is 2.08. The maximum Gasteiger partial charge on any atom is 0.222 e. The summed E-state index contributed by atoms with van der Waals surface area (Å²) < 4.78 is 0. The summed E-state index contributed by atoms with van der Waals surface area (Å²) in [4.78, 5) is 15.6. The van der Waals surface area contributed by atoms with Gasteiger partial charge in [0.15, 0.2) is 0 Å². The fourth-order valence-corrected chi connectivity index (χ4v) is 2.08. The number of aliphatic hydroxyl groups is 1. The molecule has 1 saturated heterocycles. The van der Waals surface area contributed by atoms with E-state index < -0.39 is 0 Å². The molecule has 4 heteroatoms. The van der Waals surface area contributed by atoms with Gasteiger partial charge in [-0.25, -0.2) is 0 Å². The number of carbonyl (C=O) groups excluding carboxylic acids is 1. The minimum absolute atomic E-state index is 0.257. The quantitative estimate of drug-likeness (QED) is 0.765. The van der Waals surface area contributed by atoms with E-state index >= 15 is 0 Å². The van der Waals surface area contributed by atoms with E-state index in [2.05, 4.69) is 11.8 Å². The largest absolute Gasteiger partial charge is 0.378 e. The molecule has 1 N–H and O–H groups in total. The van der Waals surface area contributed by atoms with Gasteiger partial charge in [-0.1, -0.05) is 20.3 Å². The lowest BCUT2D eigenvalue weighted by Crippen LogP contribution is -2.51. The Hall–Kier alpha value is -0.610. The highest BCUT2D eigenvalue weighted by atomic mass is 16.3. The smallest absolute Gasteiger partial charge is 0.222 e. The van der Waals surface area contributed by atoms with Crippen LogP contribution in [0.15, 0.2) is 0 Å². The summed E-state index contributed by atoms with van der Waals surface area (Å²) in [6.45, 7) is 7.23. The van der Waals surface area contributed by atoms with Gasteiger partial charge in [0.05, 0.1) is 0 Å². The van der Waals surface area contributed by atoms with Crippen LogP contribution in [0.1, 0.15) is 39.5 Å². The highest BCUT2D eigenvalue weighted by Crippen LogP contribution is 2.10. The molecule has 4 nitrogen and oxygen atoms in total. The molecule has 0 aromatic rings. The first kappa shape index (κ1) is 13.5. The molecule has 0 saturated carbocycles. The van der Waals surface area contributed by atoms with E-state index in [0.29, 0.717) is 6.42 Å². The normalized spacial score (nSPS) is 19.8.